The molecule has 0 amide bonds. The number of H-pyrrole nitrogens is 1. The number of benzene rings is 2. The number of fused-ring (bicyclic) bond motifs is 1. The minimum absolute atomic E-state index is 0.110. The minimum atomic E-state index is -0.744. The van der Waals surface area contributed by atoms with Crippen molar-refractivity contribution in [2.24, 2.45) is 0 Å². The third kappa shape index (κ3) is 3.90. The second-order valence-corrected chi connectivity index (χ2v) is 6.53. The van der Waals surface area contributed by atoms with Crippen LogP contribution in [-0.2, 0) is 16.0 Å². The molecule has 4 rings (SSSR count). The van der Waals surface area contributed by atoms with Gasteiger partial charge in [0.25, 0.3) is 11.4 Å². The average molecular weight is 406 g/mol. The first kappa shape index (κ1) is 19.3. The van der Waals surface area contributed by atoms with Crippen molar-refractivity contribution >= 4 is 16.7 Å². The normalized spacial score (nSPS) is 11.9. The molecule has 1 atom stereocenters. The predicted octanol–water partition coefficient (Wildman–Crippen LogP) is 2.83. The zero-order valence-electron chi connectivity index (χ0n) is 16.3. The molecule has 2 aromatic heterocycles. The summed E-state index contributed by atoms with van der Waals surface area (Å²) in [5.41, 5.74) is 0.830. The fraction of sp³-hybridized carbons (Fsp3) is 0.190. The molecule has 2 aromatic carbocycles. The summed E-state index contributed by atoms with van der Waals surface area (Å²) in [4.78, 5) is 24.3. The van der Waals surface area contributed by atoms with Gasteiger partial charge in [0.15, 0.2) is 6.10 Å². The number of carbonyl (C=O) groups is 1. The monoisotopic (exact) mass is 406 g/mol. The highest BCUT2D eigenvalue weighted by molar-refractivity contribution is 5.86. The van der Waals surface area contributed by atoms with Crippen LogP contribution in [0, 0.1) is 0 Å². The minimum Gasteiger partial charge on any atom is -0.497 e. The van der Waals surface area contributed by atoms with Crippen LogP contribution in [0.3, 0.4) is 0 Å². The van der Waals surface area contributed by atoms with E-state index in [0.717, 1.165) is 5.56 Å². The van der Waals surface area contributed by atoms with E-state index < -0.39 is 12.1 Å². The Morgan fingerprint density at radius 1 is 1.10 bits per heavy atom. The van der Waals surface area contributed by atoms with E-state index in [2.05, 4.69) is 20.4 Å². The van der Waals surface area contributed by atoms with Gasteiger partial charge in [0.05, 0.1) is 24.6 Å². The van der Waals surface area contributed by atoms with Crippen molar-refractivity contribution < 1.29 is 18.7 Å². The number of nitrogens with one attached hydrogen (secondary N) is 1. The second kappa shape index (κ2) is 8.16. The number of carbonyl (C=O) groups excluding carboxylic acids is 1. The molecule has 9 nitrogen and oxygen atoms in total. The molecule has 1 N–H and O–H groups in total. The number of hydrogen-bond acceptors (Lipinski definition) is 8. The van der Waals surface area contributed by atoms with E-state index >= 15 is 0 Å². The molecule has 4 aromatic rings. The van der Waals surface area contributed by atoms with Crippen molar-refractivity contribution in [2.45, 2.75) is 19.4 Å². The molecular formula is C21H18N4O5. The van der Waals surface area contributed by atoms with Crippen LogP contribution in [0.15, 0.2) is 57.7 Å². The van der Waals surface area contributed by atoms with Gasteiger partial charge in [-0.25, -0.2) is 5.10 Å². The van der Waals surface area contributed by atoms with Gasteiger partial charge in [0.2, 0.25) is 5.89 Å². The zero-order chi connectivity index (χ0) is 21.1. The number of esters is 1. The molecular weight excluding hydrogens is 388 g/mol. The van der Waals surface area contributed by atoms with Crippen LogP contribution in [0.2, 0.25) is 0 Å². The van der Waals surface area contributed by atoms with Crippen molar-refractivity contribution in [3.05, 3.63) is 70.5 Å². The standard InChI is InChI=1S/C21H18N4O5/c1-12(20-24-25-21(30-20)13-7-9-14(28-2)10-8-13)29-18(26)11-17-15-5-3-4-6-16(15)19(27)23-22-17/h3-10,12H,11H2,1-2H3,(H,23,27)/t12-/m1/s1. The number of ether oxygens (including phenoxy) is 2. The molecule has 9 heteroatoms. The van der Waals surface area contributed by atoms with Gasteiger partial charge in [-0.3, -0.25) is 9.59 Å². The van der Waals surface area contributed by atoms with Gasteiger partial charge in [0, 0.05) is 10.9 Å². The summed E-state index contributed by atoms with van der Waals surface area (Å²) in [5, 5.41) is 15.4. The fourth-order valence-corrected chi connectivity index (χ4v) is 2.98. The first-order valence-electron chi connectivity index (χ1n) is 9.18. The molecule has 30 heavy (non-hydrogen) atoms. The van der Waals surface area contributed by atoms with Crippen molar-refractivity contribution in [1.82, 2.24) is 20.4 Å². The van der Waals surface area contributed by atoms with E-state index in [4.69, 9.17) is 13.9 Å². The summed E-state index contributed by atoms with van der Waals surface area (Å²) < 4.78 is 16.2. The number of methoxy groups -OCH3 is 1. The second-order valence-electron chi connectivity index (χ2n) is 6.53. The summed E-state index contributed by atoms with van der Waals surface area (Å²) in [6.07, 6.45) is -0.854. The lowest BCUT2D eigenvalue weighted by atomic mass is 10.1. The number of hydrogen-bond donors (Lipinski definition) is 1. The number of nitrogens with zero attached hydrogens (tertiary/aromatic N) is 3. The van der Waals surface area contributed by atoms with Gasteiger partial charge in [-0.2, -0.15) is 5.10 Å². The lowest BCUT2D eigenvalue weighted by Crippen LogP contribution is -2.16. The Balaban J connectivity index is 1.46. The summed E-state index contributed by atoms with van der Waals surface area (Å²) >= 11 is 0. The van der Waals surface area contributed by atoms with Crippen LogP contribution in [0.1, 0.15) is 24.6 Å². The highest BCUT2D eigenvalue weighted by Crippen LogP contribution is 2.24. The topological polar surface area (TPSA) is 120 Å². The van der Waals surface area contributed by atoms with Crippen LogP contribution in [-0.4, -0.2) is 33.5 Å². The zero-order valence-corrected chi connectivity index (χ0v) is 16.3. The molecule has 0 saturated carbocycles. The summed E-state index contributed by atoms with van der Waals surface area (Å²) in [7, 11) is 1.58. The van der Waals surface area contributed by atoms with Crippen LogP contribution < -0.4 is 10.3 Å². The summed E-state index contributed by atoms with van der Waals surface area (Å²) in [6, 6.07) is 14.1. The number of aromatic nitrogens is 4. The molecule has 152 valence electrons. The van der Waals surface area contributed by atoms with Crippen LogP contribution >= 0.6 is 0 Å². The lowest BCUT2D eigenvalue weighted by Gasteiger charge is -2.10. The maximum atomic E-state index is 12.4. The maximum absolute atomic E-state index is 12.4. The smallest absolute Gasteiger partial charge is 0.312 e. The highest BCUT2D eigenvalue weighted by atomic mass is 16.6. The van der Waals surface area contributed by atoms with Gasteiger partial charge in [-0.15, -0.1) is 10.2 Å². The van der Waals surface area contributed by atoms with Gasteiger partial charge in [-0.1, -0.05) is 18.2 Å². The highest BCUT2D eigenvalue weighted by Gasteiger charge is 2.20. The molecule has 0 aliphatic rings. The van der Waals surface area contributed by atoms with E-state index in [1.54, 1.807) is 62.6 Å². The summed E-state index contributed by atoms with van der Waals surface area (Å²) in [6.45, 7) is 1.64. The third-order valence-corrected chi connectivity index (χ3v) is 4.52. The van der Waals surface area contributed by atoms with E-state index in [-0.39, 0.29) is 17.9 Å². The average Bonchev–Trinajstić information content (AvgIpc) is 3.26. The predicted molar refractivity (Wildman–Crippen MR) is 107 cm³/mol. The number of rotatable bonds is 6. The van der Waals surface area contributed by atoms with E-state index in [1.165, 1.54) is 0 Å². The van der Waals surface area contributed by atoms with Gasteiger partial charge >= 0.3 is 5.97 Å². The third-order valence-electron chi connectivity index (χ3n) is 4.52. The fourth-order valence-electron chi connectivity index (χ4n) is 2.98. The number of aromatic amines is 1. The lowest BCUT2D eigenvalue weighted by molar-refractivity contribution is -0.148. The van der Waals surface area contributed by atoms with Crippen LogP contribution in [0.5, 0.6) is 5.75 Å². The first-order chi connectivity index (χ1) is 14.5. The largest absolute Gasteiger partial charge is 0.497 e. The molecule has 0 fully saturated rings. The first-order valence-corrected chi connectivity index (χ1v) is 9.18. The molecule has 0 saturated heterocycles. The quantitative estimate of drug-likeness (QED) is 0.485. The van der Waals surface area contributed by atoms with Crippen molar-refractivity contribution in [3.63, 3.8) is 0 Å². The molecule has 0 aliphatic heterocycles. The van der Waals surface area contributed by atoms with Crippen molar-refractivity contribution in [1.29, 1.82) is 0 Å². The van der Waals surface area contributed by atoms with Crippen molar-refractivity contribution in [2.75, 3.05) is 7.11 Å². The Morgan fingerprint density at radius 2 is 1.83 bits per heavy atom. The Bertz CT molecular complexity index is 1250. The van der Waals surface area contributed by atoms with E-state index in [0.29, 0.717) is 28.1 Å². The maximum Gasteiger partial charge on any atom is 0.312 e. The Kier molecular flexibility index (Phi) is 5.25. The molecule has 0 aliphatic carbocycles. The van der Waals surface area contributed by atoms with Crippen molar-refractivity contribution in [3.8, 4) is 17.2 Å². The van der Waals surface area contributed by atoms with Crippen LogP contribution in [0.4, 0.5) is 0 Å². The van der Waals surface area contributed by atoms with Gasteiger partial charge in [-0.05, 0) is 37.3 Å². The van der Waals surface area contributed by atoms with E-state index in [9.17, 15) is 9.59 Å². The molecule has 0 unspecified atom stereocenters. The summed E-state index contributed by atoms with van der Waals surface area (Å²) in [5.74, 6) is 0.665. The van der Waals surface area contributed by atoms with Crippen LogP contribution in [0.25, 0.3) is 22.2 Å². The Labute approximate surface area is 170 Å². The SMILES string of the molecule is COc1ccc(-c2nnc([C@@H](C)OC(=O)Cc3n[nH]c(=O)c4ccccc34)o2)cc1. The Morgan fingerprint density at radius 3 is 2.57 bits per heavy atom. The molecule has 0 bridgehead atoms. The molecule has 0 spiro atoms. The molecule has 2 heterocycles. The van der Waals surface area contributed by atoms with Gasteiger partial charge < -0.3 is 13.9 Å². The van der Waals surface area contributed by atoms with Gasteiger partial charge in [0.1, 0.15) is 5.75 Å². The Hall–Kier alpha value is -4.01. The van der Waals surface area contributed by atoms with E-state index in [1.807, 2.05) is 0 Å². The molecule has 0 radical (unpaired) electrons.